The van der Waals surface area contributed by atoms with Gasteiger partial charge in [0.25, 0.3) is 11.5 Å². The number of ether oxygens (including phenoxy) is 3. The van der Waals surface area contributed by atoms with Gasteiger partial charge in [0.2, 0.25) is 0 Å². The Morgan fingerprint density at radius 1 is 1.07 bits per heavy atom. The van der Waals surface area contributed by atoms with Crippen molar-refractivity contribution in [2.24, 2.45) is 11.8 Å². The monoisotopic (exact) mass is 606 g/mol. The Hall–Kier alpha value is -2.80. The van der Waals surface area contributed by atoms with E-state index in [1.54, 1.807) is 20.1 Å². The minimum atomic E-state index is -5.64. The summed E-state index contributed by atoms with van der Waals surface area (Å²) in [5.74, 6) is -3.17. The second-order valence-electron chi connectivity index (χ2n) is 10.9. The van der Waals surface area contributed by atoms with E-state index in [9.17, 15) is 35.9 Å². The van der Waals surface area contributed by atoms with E-state index < -0.39 is 48.0 Å². The third-order valence-electron chi connectivity index (χ3n) is 8.57. The number of rotatable bonds is 11. The van der Waals surface area contributed by atoms with Crippen molar-refractivity contribution >= 4 is 11.9 Å². The van der Waals surface area contributed by atoms with Gasteiger partial charge in [0.1, 0.15) is 11.3 Å². The van der Waals surface area contributed by atoms with Crippen LogP contribution in [0.1, 0.15) is 52.4 Å². The second-order valence-corrected chi connectivity index (χ2v) is 10.9. The summed E-state index contributed by atoms with van der Waals surface area (Å²) in [7, 11) is 1.59. The highest BCUT2D eigenvalue weighted by molar-refractivity contribution is 6.09. The molecule has 2 aliphatic heterocycles. The molecule has 3 unspecified atom stereocenters. The van der Waals surface area contributed by atoms with Crippen LogP contribution < -0.4 is 5.32 Å². The maximum Gasteiger partial charge on any atom is 0.427 e. The average Bonchev–Trinajstić information content (AvgIpc) is 3.46. The Morgan fingerprint density at radius 2 is 1.79 bits per heavy atom. The third kappa shape index (κ3) is 5.38. The number of carbonyl (C=O) groups excluding carboxylic acids is 2. The number of nitrogens with one attached hydrogen (secondary N) is 1. The Morgan fingerprint density at radius 3 is 2.36 bits per heavy atom. The molecule has 0 bridgehead atoms. The van der Waals surface area contributed by atoms with Crippen LogP contribution in [0.25, 0.3) is 0 Å². The number of carbonyl (C=O) groups is 2. The molecule has 13 heteroatoms. The smallest absolute Gasteiger partial charge is 0.427 e. The number of alkyl halides is 6. The summed E-state index contributed by atoms with van der Waals surface area (Å²) in [4.78, 5) is 27.3. The normalized spacial score (nSPS) is 29.2. The zero-order valence-electron chi connectivity index (χ0n) is 23.7. The van der Waals surface area contributed by atoms with E-state index in [0.717, 1.165) is 11.0 Å². The Bertz CT molecular complexity index is 1160. The first-order chi connectivity index (χ1) is 19.8. The lowest BCUT2D eigenvalue weighted by atomic mass is 9.73. The van der Waals surface area contributed by atoms with E-state index in [1.807, 2.05) is 19.1 Å². The Labute approximate surface area is 240 Å². The van der Waals surface area contributed by atoms with Gasteiger partial charge >= 0.3 is 18.4 Å². The summed E-state index contributed by atoms with van der Waals surface area (Å²) >= 11 is 0. The molecule has 2 fully saturated rings. The molecule has 0 aromatic heterocycles. The minimum Gasteiger partial charge on any atom is -0.494 e. The van der Waals surface area contributed by atoms with Crippen molar-refractivity contribution in [3.05, 3.63) is 47.3 Å². The van der Waals surface area contributed by atoms with Crippen molar-refractivity contribution in [2.75, 3.05) is 26.9 Å². The van der Waals surface area contributed by atoms with Gasteiger partial charge < -0.3 is 19.5 Å². The molecule has 234 valence electrons. The number of fused-ring (bicyclic) bond motifs is 1. The van der Waals surface area contributed by atoms with Gasteiger partial charge in [-0.3, -0.25) is 9.69 Å². The molecule has 3 amide bonds. The van der Waals surface area contributed by atoms with Crippen molar-refractivity contribution in [2.45, 2.75) is 82.0 Å². The largest absolute Gasteiger partial charge is 0.494 e. The van der Waals surface area contributed by atoms with Crippen molar-refractivity contribution in [3.8, 4) is 0 Å². The molecule has 0 radical (unpaired) electrons. The highest BCUT2D eigenvalue weighted by Crippen LogP contribution is 2.59. The van der Waals surface area contributed by atoms with Gasteiger partial charge in [0.15, 0.2) is 0 Å². The summed E-state index contributed by atoms with van der Waals surface area (Å²) in [6, 6.07) is -0.501. The van der Waals surface area contributed by atoms with E-state index in [-0.39, 0.29) is 37.3 Å². The molecule has 4 aliphatic rings. The van der Waals surface area contributed by atoms with Crippen LogP contribution in [0.4, 0.5) is 31.1 Å². The van der Waals surface area contributed by atoms with Gasteiger partial charge in [-0.1, -0.05) is 44.6 Å². The summed E-state index contributed by atoms with van der Waals surface area (Å²) < 4.78 is 98.4. The third-order valence-corrected chi connectivity index (χ3v) is 8.57. The molecule has 0 spiro atoms. The molecule has 2 saturated heterocycles. The lowest BCUT2D eigenvalue weighted by Gasteiger charge is -2.38. The Balaban J connectivity index is 1.37. The molecule has 42 heavy (non-hydrogen) atoms. The van der Waals surface area contributed by atoms with Gasteiger partial charge in [-0.05, 0) is 49.3 Å². The highest BCUT2D eigenvalue weighted by Gasteiger charge is 2.79. The van der Waals surface area contributed by atoms with Crippen LogP contribution in [0, 0.1) is 11.8 Å². The lowest BCUT2D eigenvalue weighted by Crippen LogP contribution is -2.60. The molecule has 1 N–H and O–H groups in total. The fraction of sp³-hybridized carbons (Fsp3) is 0.655. The molecule has 2 aliphatic carbocycles. The average molecular weight is 607 g/mol. The molecular formula is C29H36F6N2O5. The SMILES string of the molecule is CCCC1=C(OCCCCN2C(=O)N[C@](CC)(C3=CCC(OC)C=C3)C2=O)C=CC2C1COC2(C(F)(F)F)C(F)(F)F. The molecule has 2 heterocycles. The molecular weight excluding hydrogens is 570 g/mol. The van der Waals surface area contributed by atoms with Crippen molar-refractivity contribution in [1.29, 1.82) is 0 Å². The van der Waals surface area contributed by atoms with Gasteiger partial charge in [0.05, 0.1) is 19.3 Å². The topological polar surface area (TPSA) is 77.1 Å². The van der Waals surface area contributed by atoms with Crippen molar-refractivity contribution in [3.63, 3.8) is 0 Å². The number of hydrogen-bond donors (Lipinski definition) is 1. The zero-order valence-corrected chi connectivity index (χ0v) is 23.7. The van der Waals surface area contributed by atoms with E-state index in [1.165, 1.54) is 6.08 Å². The van der Waals surface area contributed by atoms with Crippen LogP contribution in [-0.2, 0) is 19.0 Å². The summed E-state index contributed by atoms with van der Waals surface area (Å²) in [6.45, 7) is 3.10. The van der Waals surface area contributed by atoms with Crippen LogP contribution in [0.2, 0.25) is 0 Å². The number of methoxy groups -OCH3 is 1. The molecule has 0 aromatic carbocycles. The van der Waals surface area contributed by atoms with Gasteiger partial charge in [-0.2, -0.15) is 26.3 Å². The number of halogens is 6. The van der Waals surface area contributed by atoms with Crippen LogP contribution in [0.3, 0.4) is 0 Å². The number of hydrogen-bond acceptors (Lipinski definition) is 5. The predicted octanol–water partition coefficient (Wildman–Crippen LogP) is 6.14. The van der Waals surface area contributed by atoms with Gasteiger partial charge in [0, 0.05) is 25.5 Å². The molecule has 7 nitrogen and oxygen atoms in total. The number of allylic oxidation sites excluding steroid dienone is 1. The highest BCUT2D eigenvalue weighted by atomic mass is 19.4. The first-order valence-corrected chi connectivity index (χ1v) is 14.1. The maximum atomic E-state index is 13.8. The standard InChI is InChI=1S/C29H36F6N2O5/c1-4-8-20-21-17-42-27(28(30,31)32,29(33,34)35)22(21)13-14-23(20)41-16-7-6-15-37-24(38)26(5-2,36-25(37)39)18-9-11-19(40-3)12-10-18/h9-11,13-14,19,21-22H,4-8,12,15-17H2,1-3H3,(H,36,39)/t19?,21?,22?,26-/m1/s1. The Kier molecular flexibility index (Phi) is 9.23. The number of nitrogens with zero attached hydrogens (tertiary/aromatic N) is 1. The molecule has 4 atom stereocenters. The fourth-order valence-electron chi connectivity index (χ4n) is 6.31. The number of urea groups is 1. The second kappa shape index (κ2) is 12.1. The van der Waals surface area contributed by atoms with Crippen molar-refractivity contribution in [1.82, 2.24) is 10.2 Å². The first-order valence-electron chi connectivity index (χ1n) is 14.1. The molecule has 0 aromatic rings. The summed E-state index contributed by atoms with van der Waals surface area (Å²) in [5, 5.41) is 2.84. The van der Waals surface area contributed by atoms with Crippen LogP contribution in [0.15, 0.2) is 47.3 Å². The van der Waals surface area contributed by atoms with E-state index in [2.05, 4.69) is 10.1 Å². The molecule has 4 rings (SSSR count). The van der Waals surface area contributed by atoms with Crippen LogP contribution >= 0.6 is 0 Å². The van der Waals surface area contributed by atoms with Crippen LogP contribution in [0.5, 0.6) is 0 Å². The summed E-state index contributed by atoms with van der Waals surface area (Å²) in [6.07, 6.45) is -1.30. The van der Waals surface area contributed by atoms with Gasteiger partial charge in [-0.25, -0.2) is 4.79 Å². The predicted molar refractivity (Wildman–Crippen MR) is 140 cm³/mol. The fourth-order valence-corrected chi connectivity index (χ4v) is 6.31. The van der Waals surface area contributed by atoms with E-state index in [0.29, 0.717) is 43.3 Å². The zero-order chi connectivity index (χ0) is 30.9. The summed E-state index contributed by atoms with van der Waals surface area (Å²) in [5.41, 5.74) is -4.35. The number of amides is 3. The lowest BCUT2D eigenvalue weighted by molar-refractivity contribution is -0.376. The molecule has 0 saturated carbocycles. The number of imide groups is 1. The van der Waals surface area contributed by atoms with E-state index >= 15 is 0 Å². The van der Waals surface area contributed by atoms with Crippen LogP contribution in [-0.4, -0.2) is 73.3 Å². The maximum absolute atomic E-state index is 13.8. The quantitative estimate of drug-likeness (QED) is 0.174. The number of unbranched alkanes of at least 4 members (excludes halogenated alkanes) is 1. The van der Waals surface area contributed by atoms with E-state index in [4.69, 9.17) is 9.47 Å². The van der Waals surface area contributed by atoms with Crippen molar-refractivity contribution < 1.29 is 50.1 Å². The van der Waals surface area contributed by atoms with Gasteiger partial charge in [-0.15, -0.1) is 0 Å². The minimum absolute atomic E-state index is 0.0955. The first kappa shape index (κ1) is 32.1.